The van der Waals surface area contributed by atoms with Crippen molar-refractivity contribution >= 4 is 21.7 Å². The summed E-state index contributed by atoms with van der Waals surface area (Å²) in [6.07, 6.45) is 5.47. The molecule has 9 nitrogen and oxygen atoms in total. The minimum Gasteiger partial charge on any atom is -0.339 e. The molecule has 4 heterocycles. The highest BCUT2D eigenvalue weighted by Crippen LogP contribution is 2.33. The molecule has 2 aliphatic rings. The molecule has 0 bridgehead atoms. The fourth-order valence-corrected chi connectivity index (χ4v) is 5.78. The van der Waals surface area contributed by atoms with Crippen molar-refractivity contribution in [2.24, 2.45) is 13.0 Å². The van der Waals surface area contributed by atoms with Crippen LogP contribution in [0.25, 0.3) is 0 Å². The Kier molecular flexibility index (Phi) is 5.87. The van der Waals surface area contributed by atoms with Crippen LogP contribution in [0.5, 0.6) is 0 Å². The third kappa shape index (κ3) is 4.23. The lowest BCUT2D eigenvalue weighted by Crippen LogP contribution is -2.40. The number of nitrogens with zero attached hydrogens (tertiary/aromatic N) is 6. The lowest BCUT2D eigenvalue weighted by molar-refractivity contribution is -0.119. The van der Waals surface area contributed by atoms with E-state index in [0.717, 1.165) is 22.9 Å². The second kappa shape index (κ2) is 8.31. The number of carbonyl (C=O) groups is 1. The van der Waals surface area contributed by atoms with E-state index in [2.05, 4.69) is 18.8 Å². The standard InChI is InChI=1S/C21H30N6O3S/c1-14(2)11-27-19(28)6-5-17-15(3)23-20(24-21(17)27)16-7-9-26(10-8-16)31(29,30)18-12-25(4)13-22-18/h12-14,16H,5-11H2,1-4H3. The first-order valence-corrected chi connectivity index (χ1v) is 12.3. The number of hydrogen-bond acceptors (Lipinski definition) is 6. The first-order chi connectivity index (χ1) is 14.7. The van der Waals surface area contributed by atoms with Gasteiger partial charge in [0.1, 0.15) is 11.6 Å². The van der Waals surface area contributed by atoms with Gasteiger partial charge in [0.25, 0.3) is 10.0 Å². The van der Waals surface area contributed by atoms with Gasteiger partial charge in [-0.15, -0.1) is 0 Å². The number of aryl methyl sites for hydroxylation is 2. The lowest BCUT2D eigenvalue weighted by atomic mass is 9.96. The van der Waals surface area contributed by atoms with Crippen LogP contribution in [0.1, 0.15) is 56.1 Å². The molecule has 2 aliphatic heterocycles. The Morgan fingerprint density at radius 2 is 1.87 bits per heavy atom. The van der Waals surface area contributed by atoms with Gasteiger partial charge in [-0.3, -0.25) is 9.69 Å². The van der Waals surface area contributed by atoms with Crippen LogP contribution >= 0.6 is 0 Å². The van der Waals surface area contributed by atoms with Gasteiger partial charge >= 0.3 is 0 Å². The van der Waals surface area contributed by atoms with Gasteiger partial charge < -0.3 is 4.57 Å². The largest absolute Gasteiger partial charge is 0.339 e. The average molecular weight is 447 g/mol. The first kappa shape index (κ1) is 21.9. The highest BCUT2D eigenvalue weighted by molar-refractivity contribution is 7.89. The number of anilines is 1. The van der Waals surface area contributed by atoms with E-state index < -0.39 is 10.0 Å². The van der Waals surface area contributed by atoms with Crippen LogP contribution in [0.2, 0.25) is 0 Å². The zero-order chi connectivity index (χ0) is 22.3. The van der Waals surface area contributed by atoms with Crippen molar-refractivity contribution in [2.45, 2.75) is 57.4 Å². The molecule has 2 aromatic heterocycles. The van der Waals surface area contributed by atoms with Crippen LogP contribution in [-0.4, -0.2) is 57.8 Å². The van der Waals surface area contributed by atoms with Gasteiger partial charge in [-0.2, -0.15) is 4.31 Å². The van der Waals surface area contributed by atoms with Crippen molar-refractivity contribution in [2.75, 3.05) is 24.5 Å². The molecule has 1 amide bonds. The van der Waals surface area contributed by atoms with Crippen molar-refractivity contribution in [3.63, 3.8) is 0 Å². The quantitative estimate of drug-likeness (QED) is 0.696. The van der Waals surface area contributed by atoms with Crippen molar-refractivity contribution in [3.05, 3.63) is 29.6 Å². The monoisotopic (exact) mass is 446 g/mol. The van der Waals surface area contributed by atoms with E-state index in [1.807, 2.05) is 11.8 Å². The summed E-state index contributed by atoms with van der Waals surface area (Å²) < 4.78 is 28.8. The molecular weight excluding hydrogens is 416 g/mol. The summed E-state index contributed by atoms with van der Waals surface area (Å²) in [6.45, 7) is 7.61. The van der Waals surface area contributed by atoms with Gasteiger partial charge in [0, 0.05) is 56.5 Å². The van der Waals surface area contributed by atoms with E-state index in [4.69, 9.17) is 9.97 Å². The van der Waals surface area contributed by atoms with E-state index in [0.29, 0.717) is 51.2 Å². The van der Waals surface area contributed by atoms with Gasteiger partial charge in [-0.1, -0.05) is 13.8 Å². The van der Waals surface area contributed by atoms with Gasteiger partial charge in [-0.05, 0) is 32.1 Å². The minimum atomic E-state index is -3.59. The molecule has 31 heavy (non-hydrogen) atoms. The molecule has 4 rings (SSSR count). The summed E-state index contributed by atoms with van der Waals surface area (Å²) in [6, 6.07) is 0. The molecule has 2 aromatic rings. The summed E-state index contributed by atoms with van der Waals surface area (Å²) in [5.41, 5.74) is 1.98. The van der Waals surface area contributed by atoms with E-state index in [1.54, 1.807) is 11.6 Å². The fourth-order valence-electron chi connectivity index (χ4n) is 4.35. The van der Waals surface area contributed by atoms with E-state index in [1.165, 1.54) is 16.8 Å². The van der Waals surface area contributed by atoms with Crippen molar-refractivity contribution in [1.82, 2.24) is 23.8 Å². The summed E-state index contributed by atoms with van der Waals surface area (Å²) in [5.74, 6) is 1.98. The Bertz CT molecular complexity index is 1090. The number of hydrogen-bond donors (Lipinski definition) is 0. The molecule has 0 N–H and O–H groups in total. The van der Waals surface area contributed by atoms with Crippen LogP contribution in [0.3, 0.4) is 0 Å². The number of carbonyl (C=O) groups excluding carboxylic acids is 1. The molecule has 1 fully saturated rings. The smallest absolute Gasteiger partial charge is 0.262 e. The molecule has 10 heteroatoms. The SMILES string of the molecule is Cc1nc(C2CCN(S(=O)(=O)c3cn(C)cn3)CC2)nc2c1CCC(=O)N2CC(C)C. The third-order valence-corrected chi connectivity index (χ3v) is 7.79. The van der Waals surface area contributed by atoms with Crippen molar-refractivity contribution in [1.29, 1.82) is 0 Å². The Balaban J connectivity index is 1.55. The molecule has 0 aromatic carbocycles. The lowest BCUT2D eigenvalue weighted by Gasteiger charge is -2.33. The number of amides is 1. The Morgan fingerprint density at radius 1 is 1.16 bits per heavy atom. The minimum absolute atomic E-state index is 0.0668. The van der Waals surface area contributed by atoms with E-state index in [-0.39, 0.29) is 16.9 Å². The van der Waals surface area contributed by atoms with Crippen LogP contribution in [-0.2, 0) is 28.3 Å². The molecule has 1 saturated heterocycles. The number of sulfonamides is 1. The maximum Gasteiger partial charge on any atom is 0.262 e. The van der Waals surface area contributed by atoms with Crippen LogP contribution in [0.4, 0.5) is 5.82 Å². The van der Waals surface area contributed by atoms with Crippen LogP contribution in [0.15, 0.2) is 17.6 Å². The first-order valence-electron chi connectivity index (χ1n) is 10.8. The normalized spacial score (nSPS) is 18.6. The molecule has 0 spiro atoms. The zero-order valence-electron chi connectivity index (χ0n) is 18.6. The highest BCUT2D eigenvalue weighted by Gasteiger charge is 2.34. The Labute approximate surface area is 183 Å². The number of piperidine rings is 1. The predicted molar refractivity (Wildman–Crippen MR) is 116 cm³/mol. The third-order valence-electron chi connectivity index (χ3n) is 6.01. The predicted octanol–water partition coefficient (Wildman–Crippen LogP) is 2.02. The summed E-state index contributed by atoms with van der Waals surface area (Å²) in [5, 5.41) is 0.0807. The average Bonchev–Trinajstić information content (AvgIpc) is 3.17. The van der Waals surface area contributed by atoms with E-state index >= 15 is 0 Å². The zero-order valence-corrected chi connectivity index (χ0v) is 19.4. The maximum absolute atomic E-state index is 12.8. The second-order valence-electron chi connectivity index (χ2n) is 8.92. The molecule has 0 radical (unpaired) electrons. The molecule has 168 valence electrons. The topological polar surface area (TPSA) is 101 Å². The second-order valence-corrected chi connectivity index (χ2v) is 10.8. The van der Waals surface area contributed by atoms with Gasteiger partial charge in [0.2, 0.25) is 5.91 Å². The van der Waals surface area contributed by atoms with Gasteiger partial charge in [-0.25, -0.2) is 23.4 Å². The van der Waals surface area contributed by atoms with Crippen LogP contribution < -0.4 is 4.90 Å². The molecule has 0 atom stereocenters. The summed E-state index contributed by atoms with van der Waals surface area (Å²) >= 11 is 0. The van der Waals surface area contributed by atoms with Crippen LogP contribution in [0, 0.1) is 12.8 Å². The fraction of sp³-hybridized carbons (Fsp3) is 0.619. The number of aromatic nitrogens is 4. The summed E-state index contributed by atoms with van der Waals surface area (Å²) in [4.78, 5) is 28.0. The molecule has 0 aliphatic carbocycles. The Hall–Kier alpha value is -2.33. The maximum atomic E-state index is 12.8. The van der Waals surface area contributed by atoms with E-state index in [9.17, 15) is 13.2 Å². The number of imidazole rings is 1. The van der Waals surface area contributed by atoms with Gasteiger partial charge in [0.15, 0.2) is 5.03 Å². The van der Waals surface area contributed by atoms with Crippen molar-refractivity contribution < 1.29 is 13.2 Å². The molecular formula is C21H30N6O3S. The highest BCUT2D eigenvalue weighted by atomic mass is 32.2. The molecule has 0 saturated carbocycles. The number of fused-ring (bicyclic) bond motifs is 1. The molecule has 0 unspecified atom stereocenters. The Morgan fingerprint density at radius 3 is 2.48 bits per heavy atom. The summed E-state index contributed by atoms with van der Waals surface area (Å²) in [7, 11) is -1.84. The van der Waals surface area contributed by atoms with Crippen molar-refractivity contribution in [3.8, 4) is 0 Å². The number of rotatable bonds is 5. The van der Waals surface area contributed by atoms with Gasteiger partial charge in [0.05, 0.1) is 6.33 Å².